The van der Waals surface area contributed by atoms with Crippen LogP contribution >= 0.6 is 0 Å². The number of rotatable bonds is 3. The van der Waals surface area contributed by atoms with Crippen LogP contribution in [0.5, 0.6) is 5.75 Å². The van der Waals surface area contributed by atoms with Gasteiger partial charge in [0.05, 0.1) is 13.2 Å². The van der Waals surface area contributed by atoms with Gasteiger partial charge in [0.25, 0.3) is 0 Å². The van der Waals surface area contributed by atoms with Gasteiger partial charge in [-0.15, -0.1) is 0 Å². The maximum Gasteiger partial charge on any atom is 0.155 e. The molecule has 1 aromatic carbocycles. The van der Waals surface area contributed by atoms with Crippen LogP contribution in [0.2, 0.25) is 0 Å². The van der Waals surface area contributed by atoms with Gasteiger partial charge in [-0.2, -0.15) is 5.26 Å². The number of benzene rings is 1. The molecule has 0 aromatic heterocycles. The number of nitrogens with zero attached hydrogens (tertiary/aromatic N) is 1. The number of hydrogen-bond acceptors (Lipinski definition) is 3. The Morgan fingerprint density at radius 2 is 2.11 bits per heavy atom. The second-order valence-electron chi connectivity index (χ2n) is 4.52. The first-order valence-electron chi connectivity index (χ1n) is 5.94. The van der Waals surface area contributed by atoms with Crippen molar-refractivity contribution in [3.05, 3.63) is 42.0 Å². The Bertz CT molecular complexity index is 510. The smallest absolute Gasteiger partial charge is 0.155 e. The van der Waals surface area contributed by atoms with Gasteiger partial charge in [-0.3, -0.25) is 4.79 Å². The average Bonchev–Trinajstić information content (AvgIpc) is 2.42. The van der Waals surface area contributed by atoms with E-state index in [1.165, 1.54) is 0 Å². The first kappa shape index (κ1) is 12.4. The first-order valence-corrected chi connectivity index (χ1v) is 5.94. The van der Waals surface area contributed by atoms with Gasteiger partial charge in [-0.05, 0) is 30.2 Å². The first-order chi connectivity index (χ1) is 8.70. The van der Waals surface area contributed by atoms with Gasteiger partial charge in [-0.1, -0.05) is 18.2 Å². The number of nitriles is 1. The molecule has 0 fully saturated rings. The van der Waals surface area contributed by atoms with Crippen LogP contribution in [0.4, 0.5) is 0 Å². The second kappa shape index (κ2) is 5.05. The van der Waals surface area contributed by atoms with Gasteiger partial charge in [0.15, 0.2) is 5.78 Å². The highest BCUT2D eigenvalue weighted by molar-refractivity contribution is 5.91. The lowest BCUT2D eigenvalue weighted by molar-refractivity contribution is -0.115. The Morgan fingerprint density at radius 1 is 1.39 bits per heavy atom. The van der Waals surface area contributed by atoms with Crippen molar-refractivity contribution < 1.29 is 9.53 Å². The van der Waals surface area contributed by atoms with Gasteiger partial charge in [0.1, 0.15) is 5.75 Å². The minimum absolute atomic E-state index is 0.136. The topological polar surface area (TPSA) is 50.1 Å². The Kier molecular flexibility index (Phi) is 3.47. The van der Waals surface area contributed by atoms with Crippen LogP contribution in [0, 0.1) is 11.3 Å². The maximum atomic E-state index is 11.3. The summed E-state index contributed by atoms with van der Waals surface area (Å²) in [5, 5.41) is 9.02. The van der Waals surface area contributed by atoms with E-state index in [0.29, 0.717) is 19.3 Å². The monoisotopic (exact) mass is 241 g/mol. The summed E-state index contributed by atoms with van der Waals surface area (Å²) in [5.74, 6) is 0.929. The maximum absolute atomic E-state index is 11.3. The fourth-order valence-electron chi connectivity index (χ4n) is 2.32. The Labute approximate surface area is 107 Å². The molecule has 0 bridgehead atoms. The molecular weight excluding hydrogens is 226 g/mol. The highest BCUT2D eigenvalue weighted by atomic mass is 16.5. The number of carbonyl (C=O) groups excluding carboxylic acids is 1. The van der Waals surface area contributed by atoms with Crippen LogP contribution in [0.1, 0.15) is 24.8 Å². The van der Waals surface area contributed by atoms with E-state index in [9.17, 15) is 4.79 Å². The van der Waals surface area contributed by atoms with E-state index in [1.807, 2.05) is 30.3 Å². The molecule has 2 rings (SSSR count). The molecule has 0 radical (unpaired) electrons. The molecule has 1 aliphatic rings. The normalized spacial score (nSPS) is 22.6. The molecule has 0 saturated heterocycles. The molecule has 3 heteroatoms. The molecule has 92 valence electrons. The number of ether oxygens (including phenoxy) is 1. The van der Waals surface area contributed by atoms with Crippen molar-refractivity contribution in [1.82, 2.24) is 0 Å². The third kappa shape index (κ3) is 2.28. The Balaban J connectivity index is 2.38. The fourth-order valence-corrected chi connectivity index (χ4v) is 2.32. The zero-order chi connectivity index (χ0) is 13.0. The molecule has 0 amide bonds. The van der Waals surface area contributed by atoms with Crippen molar-refractivity contribution >= 4 is 5.78 Å². The molecule has 0 spiro atoms. The van der Waals surface area contributed by atoms with Crippen molar-refractivity contribution in [2.75, 3.05) is 7.11 Å². The van der Waals surface area contributed by atoms with Gasteiger partial charge in [0.2, 0.25) is 0 Å². The van der Waals surface area contributed by atoms with Crippen LogP contribution < -0.4 is 4.74 Å². The van der Waals surface area contributed by atoms with E-state index in [2.05, 4.69) is 6.07 Å². The molecule has 1 aromatic rings. The zero-order valence-electron chi connectivity index (χ0n) is 10.3. The van der Waals surface area contributed by atoms with Crippen LogP contribution in [-0.2, 0) is 10.2 Å². The van der Waals surface area contributed by atoms with Crippen LogP contribution in [0.25, 0.3) is 0 Å². The molecule has 0 saturated carbocycles. The summed E-state index contributed by atoms with van der Waals surface area (Å²) in [6, 6.07) is 9.94. The summed E-state index contributed by atoms with van der Waals surface area (Å²) < 4.78 is 5.13. The Hall–Kier alpha value is -2.08. The van der Waals surface area contributed by atoms with Gasteiger partial charge in [0, 0.05) is 18.3 Å². The largest absolute Gasteiger partial charge is 0.497 e. The minimum atomic E-state index is -0.324. The lowest BCUT2D eigenvalue weighted by Crippen LogP contribution is -2.27. The fraction of sp³-hybridized carbons (Fsp3) is 0.333. The standard InChI is InChI=1S/C15H15NO2/c1-18-14-4-2-12(3-5-14)15(10-11-16)8-6-13(17)7-9-15/h2-6,8H,7,9-10H2,1H3. The highest BCUT2D eigenvalue weighted by Gasteiger charge is 2.32. The van der Waals surface area contributed by atoms with Crippen molar-refractivity contribution in [3.63, 3.8) is 0 Å². The molecule has 1 unspecified atom stereocenters. The molecular formula is C15H15NO2. The number of methoxy groups -OCH3 is 1. The summed E-state index contributed by atoms with van der Waals surface area (Å²) in [6.45, 7) is 0. The highest BCUT2D eigenvalue weighted by Crippen LogP contribution is 2.37. The third-order valence-electron chi connectivity index (χ3n) is 3.47. The Morgan fingerprint density at radius 3 is 2.61 bits per heavy atom. The number of carbonyl (C=O) groups is 1. The van der Waals surface area contributed by atoms with Gasteiger partial charge >= 0.3 is 0 Å². The average molecular weight is 241 g/mol. The van der Waals surface area contributed by atoms with E-state index in [0.717, 1.165) is 11.3 Å². The quantitative estimate of drug-likeness (QED) is 0.817. The number of hydrogen-bond donors (Lipinski definition) is 0. The predicted octanol–water partition coefficient (Wildman–Crippen LogP) is 2.77. The van der Waals surface area contributed by atoms with Crippen LogP contribution in [-0.4, -0.2) is 12.9 Å². The van der Waals surface area contributed by atoms with Crippen molar-refractivity contribution in [3.8, 4) is 11.8 Å². The lowest BCUT2D eigenvalue weighted by Gasteiger charge is -2.31. The van der Waals surface area contributed by atoms with Crippen LogP contribution in [0.15, 0.2) is 36.4 Å². The molecule has 0 aliphatic heterocycles. The molecule has 18 heavy (non-hydrogen) atoms. The number of allylic oxidation sites excluding steroid dienone is 2. The SMILES string of the molecule is COc1ccc(C2(CC#N)C=CC(=O)CC2)cc1. The summed E-state index contributed by atoms with van der Waals surface area (Å²) in [4.78, 5) is 11.3. The van der Waals surface area contributed by atoms with E-state index >= 15 is 0 Å². The zero-order valence-corrected chi connectivity index (χ0v) is 10.3. The van der Waals surface area contributed by atoms with Gasteiger partial charge in [-0.25, -0.2) is 0 Å². The molecule has 1 aliphatic carbocycles. The van der Waals surface area contributed by atoms with E-state index in [1.54, 1.807) is 13.2 Å². The van der Waals surface area contributed by atoms with Crippen molar-refractivity contribution in [2.45, 2.75) is 24.7 Å². The van der Waals surface area contributed by atoms with Crippen molar-refractivity contribution in [1.29, 1.82) is 5.26 Å². The molecule has 0 N–H and O–H groups in total. The van der Waals surface area contributed by atoms with E-state index in [-0.39, 0.29) is 11.2 Å². The lowest BCUT2D eigenvalue weighted by atomic mass is 9.71. The summed E-state index contributed by atoms with van der Waals surface area (Å²) in [6.07, 6.45) is 5.07. The third-order valence-corrected chi connectivity index (χ3v) is 3.47. The van der Waals surface area contributed by atoms with E-state index in [4.69, 9.17) is 10.00 Å². The predicted molar refractivity (Wildman–Crippen MR) is 68.3 cm³/mol. The van der Waals surface area contributed by atoms with E-state index < -0.39 is 0 Å². The van der Waals surface area contributed by atoms with Crippen molar-refractivity contribution in [2.24, 2.45) is 0 Å². The summed E-state index contributed by atoms with van der Waals surface area (Å²) in [7, 11) is 1.62. The van der Waals surface area contributed by atoms with Crippen LogP contribution in [0.3, 0.4) is 0 Å². The molecule has 1 atom stereocenters. The second-order valence-corrected chi connectivity index (χ2v) is 4.52. The number of ketones is 1. The van der Waals surface area contributed by atoms with Gasteiger partial charge < -0.3 is 4.74 Å². The molecule has 0 heterocycles. The summed E-state index contributed by atoms with van der Waals surface area (Å²) in [5.41, 5.74) is 0.739. The minimum Gasteiger partial charge on any atom is -0.497 e. The summed E-state index contributed by atoms with van der Waals surface area (Å²) >= 11 is 0. The molecule has 3 nitrogen and oxygen atoms in total.